The Morgan fingerprint density at radius 3 is 2.46 bits per heavy atom. The SMILES string of the molecule is Cc1ccccc1CC(=O)Nc1cc(NC(=O)C2CC2)ccc1C. The normalized spacial score (nSPS) is 13.4. The Kier molecular flexibility index (Phi) is 4.65. The van der Waals surface area contributed by atoms with Crippen LogP contribution in [-0.4, -0.2) is 11.8 Å². The molecule has 0 heterocycles. The zero-order chi connectivity index (χ0) is 17.1. The Balaban J connectivity index is 1.68. The molecule has 1 aliphatic carbocycles. The van der Waals surface area contributed by atoms with Crippen LogP contribution >= 0.6 is 0 Å². The van der Waals surface area contributed by atoms with Gasteiger partial charge in [0.25, 0.3) is 0 Å². The van der Waals surface area contributed by atoms with Crippen molar-refractivity contribution in [3.8, 4) is 0 Å². The van der Waals surface area contributed by atoms with Crippen LogP contribution in [0.15, 0.2) is 42.5 Å². The lowest BCUT2D eigenvalue weighted by atomic mass is 10.1. The van der Waals surface area contributed by atoms with Crippen molar-refractivity contribution in [2.24, 2.45) is 5.92 Å². The number of amides is 2. The monoisotopic (exact) mass is 322 g/mol. The Morgan fingerprint density at radius 2 is 1.75 bits per heavy atom. The third-order valence-corrected chi connectivity index (χ3v) is 4.34. The lowest BCUT2D eigenvalue weighted by Crippen LogP contribution is -2.17. The summed E-state index contributed by atoms with van der Waals surface area (Å²) in [5.41, 5.74) is 4.56. The molecule has 0 aliphatic heterocycles. The van der Waals surface area contributed by atoms with Crippen molar-refractivity contribution in [1.29, 1.82) is 0 Å². The van der Waals surface area contributed by atoms with Gasteiger partial charge in [0.15, 0.2) is 0 Å². The molecule has 24 heavy (non-hydrogen) atoms. The summed E-state index contributed by atoms with van der Waals surface area (Å²) in [6.07, 6.45) is 2.28. The van der Waals surface area contributed by atoms with E-state index < -0.39 is 0 Å². The van der Waals surface area contributed by atoms with Crippen LogP contribution < -0.4 is 10.6 Å². The van der Waals surface area contributed by atoms with Crippen molar-refractivity contribution >= 4 is 23.2 Å². The fraction of sp³-hybridized carbons (Fsp3) is 0.300. The molecule has 1 saturated carbocycles. The number of anilines is 2. The molecule has 124 valence electrons. The second-order valence-electron chi connectivity index (χ2n) is 6.44. The molecule has 2 amide bonds. The second kappa shape index (κ2) is 6.87. The van der Waals surface area contributed by atoms with E-state index in [0.29, 0.717) is 6.42 Å². The number of hydrogen-bond donors (Lipinski definition) is 2. The molecule has 4 heteroatoms. The van der Waals surface area contributed by atoms with Gasteiger partial charge in [-0.2, -0.15) is 0 Å². The first-order valence-corrected chi connectivity index (χ1v) is 8.29. The lowest BCUT2D eigenvalue weighted by molar-refractivity contribution is -0.117. The fourth-order valence-electron chi connectivity index (χ4n) is 2.60. The maximum absolute atomic E-state index is 12.3. The molecule has 0 spiro atoms. The number of benzene rings is 2. The van der Waals surface area contributed by atoms with Gasteiger partial charge in [0, 0.05) is 17.3 Å². The van der Waals surface area contributed by atoms with Crippen molar-refractivity contribution in [1.82, 2.24) is 0 Å². The van der Waals surface area contributed by atoms with Gasteiger partial charge in [0.1, 0.15) is 0 Å². The molecule has 2 aromatic rings. The first-order valence-electron chi connectivity index (χ1n) is 8.29. The standard InChI is InChI=1S/C20H22N2O2/c1-13-5-3-4-6-16(13)11-19(23)22-18-12-17(10-7-14(18)2)21-20(24)15-8-9-15/h3-7,10,12,15H,8-9,11H2,1-2H3,(H,21,24)(H,22,23). The molecule has 0 aromatic heterocycles. The van der Waals surface area contributed by atoms with Crippen LogP contribution in [0.3, 0.4) is 0 Å². The van der Waals surface area contributed by atoms with E-state index in [0.717, 1.165) is 40.9 Å². The van der Waals surface area contributed by atoms with Crippen LogP contribution in [0, 0.1) is 19.8 Å². The number of aryl methyl sites for hydroxylation is 2. The summed E-state index contributed by atoms with van der Waals surface area (Å²) in [6.45, 7) is 3.94. The van der Waals surface area contributed by atoms with Crippen LogP contribution in [0.2, 0.25) is 0 Å². The molecule has 0 bridgehead atoms. The summed E-state index contributed by atoms with van der Waals surface area (Å²) < 4.78 is 0. The molecular weight excluding hydrogens is 300 g/mol. The third kappa shape index (κ3) is 4.02. The van der Waals surface area contributed by atoms with Gasteiger partial charge >= 0.3 is 0 Å². The quantitative estimate of drug-likeness (QED) is 0.879. The average Bonchev–Trinajstić information content (AvgIpc) is 3.38. The van der Waals surface area contributed by atoms with Gasteiger partial charge in [-0.3, -0.25) is 9.59 Å². The highest BCUT2D eigenvalue weighted by Crippen LogP contribution is 2.30. The first kappa shape index (κ1) is 16.2. The van der Waals surface area contributed by atoms with E-state index in [-0.39, 0.29) is 17.7 Å². The van der Waals surface area contributed by atoms with Crippen LogP contribution in [0.25, 0.3) is 0 Å². The first-order chi connectivity index (χ1) is 11.5. The van der Waals surface area contributed by atoms with E-state index in [9.17, 15) is 9.59 Å². The van der Waals surface area contributed by atoms with Gasteiger partial charge in [-0.25, -0.2) is 0 Å². The van der Waals surface area contributed by atoms with Gasteiger partial charge in [-0.1, -0.05) is 30.3 Å². The van der Waals surface area contributed by atoms with Crippen LogP contribution in [0.5, 0.6) is 0 Å². The summed E-state index contributed by atoms with van der Waals surface area (Å²) in [5.74, 6) is 0.166. The van der Waals surface area contributed by atoms with E-state index in [1.165, 1.54) is 0 Å². The van der Waals surface area contributed by atoms with Gasteiger partial charge in [0.05, 0.1) is 6.42 Å². The Morgan fingerprint density at radius 1 is 1.00 bits per heavy atom. The highest BCUT2D eigenvalue weighted by atomic mass is 16.2. The Bertz CT molecular complexity index is 779. The van der Waals surface area contributed by atoms with E-state index >= 15 is 0 Å². The molecule has 0 saturated heterocycles. The minimum atomic E-state index is -0.0573. The zero-order valence-electron chi connectivity index (χ0n) is 14.1. The van der Waals surface area contributed by atoms with E-state index in [1.807, 2.05) is 56.3 Å². The summed E-state index contributed by atoms with van der Waals surface area (Å²) in [6, 6.07) is 13.5. The predicted molar refractivity (Wildman–Crippen MR) is 96.0 cm³/mol. The highest BCUT2D eigenvalue weighted by molar-refractivity contribution is 5.97. The Labute approximate surface area is 142 Å². The van der Waals surface area contributed by atoms with E-state index in [4.69, 9.17) is 0 Å². The predicted octanol–water partition coefficient (Wildman–Crippen LogP) is 3.83. The molecule has 4 nitrogen and oxygen atoms in total. The summed E-state index contributed by atoms with van der Waals surface area (Å²) >= 11 is 0. The molecule has 0 radical (unpaired) electrons. The van der Waals surface area contributed by atoms with E-state index in [2.05, 4.69) is 10.6 Å². The fourth-order valence-corrected chi connectivity index (χ4v) is 2.60. The van der Waals surface area contributed by atoms with Gasteiger partial charge in [0.2, 0.25) is 11.8 Å². The molecule has 2 aromatic carbocycles. The zero-order valence-corrected chi connectivity index (χ0v) is 14.1. The molecule has 1 fully saturated rings. The summed E-state index contributed by atoms with van der Waals surface area (Å²) in [4.78, 5) is 24.2. The van der Waals surface area contributed by atoms with Gasteiger partial charge in [-0.15, -0.1) is 0 Å². The van der Waals surface area contributed by atoms with Crippen LogP contribution in [0.1, 0.15) is 29.5 Å². The minimum absolute atomic E-state index is 0.0573. The number of hydrogen-bond acceptors (Lipinski definition) is 2. The largest absolute Gasteiger partial charge is 0.326 e. The van der Waals surface area contributed by atoms with Crippen LogP contribution in [-0.2, 0) is 16.0 Å². The maximum Gasteiger partial charge on any atom is 0.228 e. The average molecular weight is 322 g/mol. The molecule has 2 N–H and O–H groups in total. The Hall–Kier alpha value is -2.62. The van der Waals surface area contributed by atoms with Crippen molar-refractivity contribution in [3.63, 3.8) is 0 Å². The number of rotatable bonds is 5. The third-order valence-electron chi connectivity index (χ3n) is 4.34. The van der Waals surface area contributed by atoms with E-state index in [1.54, 1.807) is 0 Å². The molecule has 1 aliphatic rings. The number of carbonyl (C=O) groups is 2. The van der Waals surface area contributed by atoms with Gasteiger partial charge in [-0.05, 0) is 55.5 Å². The summed E-state index contributed by atoms with van der Waals surface area (Å²) in [5, 5.41) is 5.87. The molecular formula is C20H22N2O2. The van der Waals surface area contributed by atoms with Crippen molar-refractivity contribution in [3.05, 3.63) is 59.2 Å². The van der Waals surface area contributed by atoms with Gasteiger partial charge < -0.3 is 10.6 Å². The molecule has 3 rings (SSSR count). The molecule has 0 atom stereocenters. The highest BCUT2D eigenvalue weighted by Gasteiger charge is 2.29. The maximum atomic E-state index is 12.3. The van der Waals surface area contributed by atoms with Crippen LogP contribution in [0.4, 0.5) is 11.4 Å². The van der Waals surface area contributed by atoms with Crippen molar-refractivity contribution in [2.45, 2.75) is 33.1 Å². The second-order valence-corrected chi connectivity index (χ2v) is 6.44. The molecule has 0 unspecified atom stereocenters. The topological polar surface area (TPSA) is 58.2 Å². The number of nitrogens with one attached hydrogen (secondary N) is 2. The number of carbonyl (C=O) groups excluding carboxylic acids is 2. The smallest absolute Gasteiger partial charge is 0.228 e. The van der Waals surface area contributed by atoms with Crippen molar-refractivity contribution < 1.29 is 9.59 Å². The minimum Gasteiger partial charge on any atom is -0.326 e. The van der Waals surface area contributed by atoms with Crippen molar-refractivity contribution in [2.75, 3.05) is 10.6 Å². The summed E-state index contributed by atoms with van der Waals surface area (Å²) in [7, 11) is 0. The lowest BCUT2D eigenvalue weighted by Gasteiger charge is -2.12.